The molecule has 0 heterocycles. The number of nitrogens with two attached hydrogens (primary N) is 3. The number of hydrogen-bond acceptors (Lipinski definition) is 6. The maximum Gasteiger partial charge on any atom is 0.239 e. The van der Waals surface area contributed by atoms with Crippen LogP contribution in [0.3, 0.4) is 0 Å². The molecule has 17 heavy (non-hydrogen) atoms. The lowest BCUT2D eigenvalue weighted by atomic mass is 10.3. The Kier molecular flexibility index (Phi) is 3.66. The summed E-state index contributed by atoms with van der Waals surface area (Å²) < 4.78 is 44.9. The van der Waals surface area contributed by atoms with Gasteiger partial charge in [0, 0.05) is 0 Å². The minimum absolute atomic E-state index is 0.00286. The predicted molar refractivity (Wildman–Crippen MR) is 62.0 cm³/mol. The maximum absolute atomic E-state index is 11.2. The van der Waals surface area contributed by atoms with Crippen LogP contribution in [0.1, 0.15) is 0 Å². The average molecular weight is 301 g/mol. The smallest absolute Gasteiger partial charge is 0.239 e. The molecule has 0 radical (unpaired) electrons. The highest BCUT2D eigenvalue weighted by molar-refractivity contribution is 7.92. The first-order valence-electron chi connectivity index (χ1n) is 3.93. The number of halogens is 1. The van der Waals surface area contributed by atoms with E-state index in [2.05, 4.69) is 5.43 Å². The van der Waals surface area contributed by atoms with Crippen molar-refractivity contribution in [1.29, 1.82) is 0 Å². The first-order valence-corrected chi connectivity index (χ1v) is 7.40. The molecule has 0 aliphatic carbocycles. The molecule has 0 saturated carbocycles. The fourth-order valence-corrected chi connectivity index (χ4v) is 3.31. The van der Waals surface area contributed by atoms with Crippen LogP contribution in [0.4, 0.5) is 5.69 Å². The number of rotatable bonds is 3. The molecule has 1 aromatic rings. The van der Waals surface area contributed by atoms with Gasteiger partial charge < -0.3 is 5.43 Å². The molecule has 0 aliphatic heterocycles. The minimum Gasteiger partial charge on any atom is -0.323 e. The molecule has 0 saturated heterocycles. The van der Waals surface area contributed by atoms with Crippen molar-refractivity contribution in [3.05, 3.63) is 17.2 Å². The molecule has 0 fully saturated rings. The molecular formula is C6H9ClN4O4S2. The normalized spacial score (nSPS) is 12.5. The fourth-order valence-electron chi connectivity index (χ4n) is 1.09. The van der Waals surface area contributed by atoms with E-state index in [1.54, 1.807) is 0 Å². The Labute approximate surface area is 103 Å². The summed E-state index contributed by atoms with van der Waals surface area (Å²) in [5, 5.41) is 9.62. The first kappa shape index (κ1) is 14.2. The lowest BCUT2D eigenvalue weighted by Crippen LogP contribution is -2.21. The second-order valence-corrected chi connectivity index (χ2v) is 6.48. The van der Waals surface area contributed by atoms with Gasteiger partial charge in [-0.25, -0.2) is 27.1 Å². The Bertz CT molecular complexity index is 655. The van der Waals surface area contributed by atoms with Crippen molar-refractivity contribution >= 4 is 37.3 Å². The number of anilines is 1. The second-order valence-electron chi connectivity index (χ2n) is 3.01. The average Bonchev–Trinajstić information content (AvgIpc) is 2.14. The Morgan fingerprint density at radius 2 is 1.41 bits per heavy atom. The van der Waals surface area contributed by atoms with Crippen LogP contribution in [0.2, 0.25) is 5.02 Å². The van der Waals surface area contributed by atoms with Crippen LogP contribution in [0.25, 0.3) is 0 Å². The summed E-state index contributed by atoms with van der Waals surface area (Å²) in [6.07, 6.45) is 0. The van der Waals surface area contributed by atoms with Gasteiger partial charge in [-0.15, -0.1) is 0 Å². The van der Waals surface area contributed by atoms with Crippen LogP contribution in [0.15, 0.2) is 21.9 Å². The van der Waals surface area contributed by atoms with Gasteiger partial charge in [0.15, 0.2) is 0 Å². The van der Waals surface area contributed by atoms with Crippen molar-refractivity contribution in [3.8, 4) is 0 Å². The van der Waals surface area contributed by atoms with Crippen molar-refractivity contribution in [2.75, 3.05) is 5.43 Å². The van der Waals surface area contributed by atoms with Gasteiger partial charge in [-0.05, 0) is 12.1 Å². The van der Waals surface area contributed by atoms with E-state index in [9.17, 15) is 16.8 Å². The molecule has 96 valence electrons. The summed E-state index contributed by atoms with van der Waals surface area (Å²) in [7, 11) is -8.56. The molecule has 11 heteroatoms. The van der Waals surface area contributed by atoms with Crippen LogP contribution in [0.5, 0.6) is 0 Å². The van der Waals surface area contributed by atoms with E-state index >= 15 is 0 Å². The number of sulfonamides is 2. The van der Waals surface area contributed by atoms with Gasteiger partial charge >= 0.3 is 0 Å². The van der Waals surface area contributed by atoms with Crippen molar-refractivity contribution in [3.63, 3.8) is 0 Å². The molecule has 0 atom stereocenters. The van der Waals surface area contributed by atoms with E-state index in [1.165, 1.54) is 0 Å². The highest BCUT2D eigenvalue weighted by Crippen LogP contribution is 2.29. The summed E-state index contributed by atoms with van der Waals surface area (Å²) in [6, 6.07) is 1.74. The summed E-state index contributed by atoms with van der Waals surface area (Å²) in [5.74, 6) is 5.07. The highest BCUT2D eigenvalue weighted by atomic mass is 35.5. The zero-order valence-corrected chi connectivity index (χ0v) is 10.6. The molecular weight excluding hydrogens is 292 g/mol. The minimum atomic E-state index is -4.28. The van der Waals surface area contributed by atoms with Crippen molar-refractivity contribution in [2.45, 2.75) is 9.79 Å². The van der Waals surface area contributed by atoms with Crippen molar-refractivity contribution < 1.29 is 16.8 Å². The molecule has 8 nitrogen and oxygen atoms in total. The van der Waals surface area contributed by atoms with Gasteiger partial charge in [0.1, 0.15) is 9.79 Å². The van der Waals surface area contributed by atoms with E-state index in [1.807, 2.05) is 0 Å². The third-order valence-corrected chi connectivity index (χ3v) is 4.15. The predicted octanol–water partition coefficient (Wildman–Crippen LogP) is -1.08. The van der Waals surface area contributed by atoms with E-state index in [4.69, 9.17) is 27.7 Å². The lowest BCUT2D eigenvalue weighted by molar-refractivity contribution is 0.584. The molecule has 7 N–H and O–H groups in total. The van der Waals surface area contributed by atoms with Crippen molar-refractivity contribution in [2.24, 2.45) is 16.1 Å². The summed E-state index contributed by atoms with van der Waals surface area (Å²) in [6.45, 7) is 0. The molecule has 0 bridgehead atoms. The molecule has 0 spiro atoms. The van der Waals surface area contributed by atoms with Crippen LogP contribution < -0.4 is 21.5 Å². The van der Waals surface area contributed by atoms with E-state index in [-0.39, 0.29) is 10.7 Å². The number of benzene rings is 1. The summed E-state index contributed by atoms with van der Waals surface area (Å²) in [4.78, 5) is -1.37. The van der Waals surface area contributed by atoms with Gasteiger partial charge in [0.2, 0.25) is 20.0 Å². The molecule has 1 rings (SSSR count). The number of nitrogens with one attached hydrogen (secondary N) is 1. The molecule has 0 aliphatic rings. The van der Waals surface area contributed by atoms with Gasteiger partial charge in [0.05, 0.1) is 10.7 Å². The summed E-state index contributed by atoms with van der Waals surface area (Å²) >= 11 is 5.66. The molecule has 0 aromatic heterocycles. The summed E-state index contributed by atoms with van der Waals surface area (Å²) in [5.41, 5.74) is 2.10. The quantitative estimate of drug-likeness (QED) is 0.410. The van der Waals surface area contributed by atoms with Crippen LogP contribution in [-0.2, 0) is 20.0 Å². The topological polar surface area (TPSA) is 158 Å². The number of hydrazine groups is 1. The second kappa shape index (κ2) is 4.40. The Morgan fingerprint density at radius 3 is 1.76 bits per heavy atom. The standard InChI is InChI=1S/C6H9ClN4O4S2/c7-3-1-5(16(9,12)13)6(17(10,14)15)2-4(3)11-8/h1-2,11H,8H2,(H2,9,12,13)(H2,10,14,15). The largest absolute Gasteiger partial charge is 0.323 e. The fraction of sp³-hybridized carbons (Fsp3) is 0. The van der Waals surface area contributed by atoms with Crippen LogP contribution >= 0.6 is 11.6 Å². The Morgan fingerprint density at radius 1 is 1.00 bits per heavy atom. The molecule has 0 unspecified atom stereocenters. The zero-order valence-electron chi connectivity index (χ0n) is 8.21. The number of primary sulfonamides is 2. The zero-order chi connectivity index (χ0) is 13.4. The molecule has 1 aromatic carbocycles. The van der Waals surface area contributed by atoms with Crippen LogP contribution in [0, 0.1) is 0 Å². The van der Waals surface area contributed by atoms with E-state index in [0.29, 0.717) is 0 Å². The van der Waals surface area contributed by atoms with Gasteiger partial charge in [0.25, 0.3) is 0 Å². The van der Waals surface area contributed by atoms with E-state index < -0.39 is 29.8 Å². The maximum atomic E-state index is 11.2. The van der Waals surface area contributed by atoms with Crippen molar-refractivity contribution in [1.82, 2.24) is 0 Å². The Hall–Kier alpha value is -0.910. The third-order valence-electron chi connectivity index (χ3n) is 1.80. The highest BCUT2D eigenvalue weighted by Gasteiger charge is 2.23. The van der Waals surface area contributed by atoms with Gasteiger partial charge in [-0.3, -0.25) is 5.84 Å². The Balaban J connectivity index is 3.78. The first-order chi connectivity index (χ1) is 7.57. The third kappa shape index (κ3) is 3.06. The number of hydrogen-bond donors (Lipinski definition) is 4. The van der Waals surface area contributed by atoms with E-state index in [0.717, 1.165) is 12.1 Å². The monoisotopic (exact) mass is 300 g/mol. The molecule has 0 amide bonds. The van der Waals surface area contributed by atoms with Crippen LogP contribution in [-0.4, -0.2) is 16.8 Å². The SMILES string of the molecule is NNc1cc(S(N)(=O)=O)c(S(N)(=O)=O)cc1Cl. The lowest BCUT2D eigenvalue weighted by Gasteiger charge is -2.10. The van der Waals surface area contributed by atoms with Gasteiger partial charge in [-0.1, -0.05) is 11.6 Å². The number of nitrogen functional groups attached to an aromatic ring is 1. The van der Waals surface area contributed by atoms with Gasteiger partial charge in [-0.2, -0.15) is 0 Å².